The van der Waals surface area contributed by atoms with Crippen LogP contribution < -0.4 is 5.43 Å². The van der Waals surface area contributed by atoms with E-state index in [1.54, 1.807) is 34.1 Å². The number of nitrogens with zero attached hydrogens (tertiary/aromatic N) is 1. The smallest absolute Gasteiger partial charge is 0.343 e. The van der Waals surface area contributed by atoms with Gasteiger partial charge in [-0.15, -0.1) is 0 Å². The summed E-state index contributed by atoms with van der Waals surface area (Å²) in [5, 5.41) is 9.78. The number of carbonyl (C=O) groups is 1. The van der Waals surface area contributed by atoms with Crippen molar-refractivity contribution in [2.45, 2.75) is 26.3 Å². The number of ether oxygens (including phenoxy) is 1. The molecule has 0 aliphatic rings. The molecule has 23 heavy (non-hydrogen) atoms. The lowest BCUT2D eigenvalue weighted by atomic mass is 10.1. The largest absolute Gasteiger partial charge is 0.462 e. The summed E-state index contributed by atoms with van der Waals surface area (Å²) in [5.74, 6) is -1.18. The summed E-state index contributed by atoms with van der Waals surface area (Å²) in [6, 6.07) is 2.30. The van der Waals surface area contributed by atoms with E-state index < -0.39 is 17.2 Å². The first kappa shape index (κ1) is 17.9. The van der Waals surface area contributed by atoms with Gasteiger partial charge < -0.3 is 14.4 Å². The molecular weight excluding hydrogens is 416 g/mol. The Morgan fingerprint density at radius 3 is 2.70 bits per heavy atom. The number of hydrogen-bond acceptors (Lipinski definition) is 4. The van der Waals surface area contributed by atoms with Crippen LogP contribution >= 0.6 is 22.6 Å². The molecule has 2 rings (SSSR count). The van der Waals surface area contributed by atoms with Gasteiger partial charge in [0.1, 0.15) is 11.4 Å². The predicted molar refractivity (Wildman–Crippen MR) is 93.3 cm³/mol. The number of aliphatic hydroxyl groups is 1. The van der Waals surface area contributed by atoms with Gasteiger partial charge in [-0.2, -0.15) is 0 Å². The van der Waals surface area contributed by atoms with E-state index in [-0.39, 0.29) is 33.8 Å². The molecule has 0 amide bonds. The van der Waals surface area contributed by atoms with Crippen molar-refractivity contribution in [3.8, 4) is 0 Å². The number of halogens is 2. The third-order valence-corrected chi connectivity index (χ3v) is 4.47. The lowest BCUT2D eigenvalue weighted by Crippen LogP contribution is -2.24. The Morgan fingerprint density at radius 2 is 2.13 bits per heavy atom. The van der Waals surface area contributed by atoms with Crippen LogP contribution in [0, 0.1) is 9.39 Å². The first-order chi connectivity index (χ1) is 10.9. The molecule has 0 fully saturated rings. The van der Waals surface area contributed by atoms with Crippen LogP contribution in [0.2, 0.25) is 0 Å². The minimum atomic E-state index is -0.722. The van der Waals surface area contributed by atoms with Crippen LogP contribution in [-0.2, 0) is 4.74 Å². The Kier molecular flexibility index (Phi) is 5.74. The maximum Gasteiger partial charge on any atom is 0.343 e. The van der Waals surface area contributed by atoms with E-state index >= 15 is 0 Å². The monoisotopic (exact) mass is 433 g/mol. The van der Waals surface area contributed by atoms with Gasteiger partial charge in [-0.3, -0.25) is 4.79 Å². The Labute approximate surface area is 146 Å². The summed E-state index contributed by atoms with van der Waals surface area (Å²) in [6.07, 6.45) is 1.91. The van der Waals surface area contributed by atoms with Crippen molar-refractivity contribution in [1.29, 1.82) is 0 Å². The highest BCUT2D eigenvalue weighted by atomic mass is 127. The minimum absolute atomic E-state index is 0.117. The van der Waals surface area contributed by atoms with Gasteiger partial charge in [0.05, 0.1) is 24.8 Å². The summed E-state index contributed by atoms with van der Waals surface area (Å²) in [6.45, 7) is 3.47. The van der Waals surface area contributed by atoms with Crippen LogP contribution in [0.15, 0.2) is 23.1 Å². The van der Waals surface area contributed by atoms with E-state index in [2.05, 4.69) is 0 Å². The highest BCUT2D eigenvalue weighted by Gasteiger charge is 2.20. The van der Waals surface area contributed by atoms with Crippen molar-refractivity contribution in [2.75, 3.05) is 13.2 Å². The Bertz CT molecular complexity index is 799. The quantitative estimate of drug-likeness (QED) is 0.582. The van der Waals surface area contributed by atoms with E-state index in [0.717, 1.165) is 0 Å². The van der Waals surface area contributed by atoms with Crippen LogP contribution in [0.5, 0.6) is 0 Å². The number of aromatic nitrogens is 1. The number of carbonyl (C=O) groups excluding carboxylic acids is 1. The van der Waals surface area contributed by atoms with Crippen molar-refractivity contribution in [3.63, 3.8) is 0 Å². The maximum atomic E-state index is 13.9. The van der Waals surface area contributed by atoms with Crippen LogP contribution in [0.3, 0.4) is 0 Å². The van der Waals surface area contributed by atoms with Crippen molar-refractivity contribution in [1.82, 2.24) is 4.57 Å². The molecule has 0 aliphatic carbocycles. The molecule has 0 unspecified atom stereocenters. The molecule has 1 aromatic heterocycles. The SMILES string of the molecule is CCOC(=O)c1cn([C@@H](CC)CO)c2cc(F)c(I)cc2c1=O. The highest BCUT2D eigenvalue weighted by molar-refractivity contribution is 14.1. The predicted octanol–water partition coefficient (Wildman–Crippen LogP) is 2.87. The number of rotatable bonds is 5. The zero-order chi connectivity index (χ0) is 17.1. The molecule has 0 aliphatic heterocycles. The molecule has 7 heteroatoms. The summed E-state index contributed by atoms with van der Waals surface area (Å²) in [4.78, 5) is 24.6. The van der Waals surface area contributed by atoms with E-state index in [1.807, 2.05) is 6.92 Å². The van der Waals surface area contributed by atoms with Crippen LogP contribution in [0.25, 0.3) is 10.9 Å². The summed E-state index contributed by atoms with van der Waals surface area (Å²) in [7, 11) is 0. The Hall–Kier alpha value is -1.48. The highest BCUT2D eigenvalue weighted by Crippen LogP contribution is 2.23. The zero-order valence-corrected chi connectivity index (χ0v) is 15.0. The van der Waals surface area contributed by atoms with Crippen molar-refractivity contribution >= 4 is 39.5 Å². The van der Waals surface area contributed by atoms with Gasteiger partial charge in [0.15, 0.2) is 0 Å². The molecule has 1 aromatic carbocycles. The summed E-state index contributed by atoms with van der Waals surface area (Å²) < 4.78 is 20.7. The molecular formula is C16H17FINO4. The van der Waals surface area contributed by atoms with Crippen LogP contribution in [0.1, 0.15) is 36.7 Å². The van der Waals surface area contributed by atoms with E-state index in [0.29, 0.717) is 11.9 Å². The third kappa shape index (κ3) is 3.40. The van der Waals surface area contributed by atoms with Gasteiger partial charge in [0.25, 0.3) is 0 Å². The molecule has 124 valence electrons. The van der Waals surface area contributed by atoms with Gasteiger partial charge in [0.2, 0.25) is 5.43 Å². The van der Waals surface area contributed by atoms with Gasteiger partial charge in [0, 0.05) is 15.2 Å². The van der Waals surface area contributed by atoms with E-state index in [4.69, 9.17) is 4.74 Å². The fourth-order valence-corrected chi connectivity index (χ4v) is 2.88. The number of pyridine rings is 1. The minimum Gasteiger partial charge on any atom is -0.462 e. The number of esters is 1. The number of aliphatic hydroxyl groups excluding tert-OH is 1. The van der Waals surface area contributed by atoms with Crippen molar-refractivity contribution in [3.05, 3.63) is 43.5 Å². The van der Waals surface area contributed by atoms with Gasteiger partial charge >= 0.3 is 5.97 Å². The lowest BCUT2D eigenvalue weighted by Gasteiger charge is -2.20. The Morgan fingerprint density at radius 1 is 1.43 bits per heavy atom. The molecule has 0 bridgehead atoms. The second-order valence-electron chi connectivity index (χ2n) is 5.03. The first-order valence-electron chi connectivity index (χ1n) is 7.26. The van der Waals surface area contributed by atoms with Gasteiger partial charge in [-0.25, -0.2) is 9.18 Å². The number of hydrogen-bond donors (Lipinski definition) is 1. The van der Waals surface area contributed by atoms with Gasteiger partial charge in [-0.1, -0.05) is 6.92 Å². The fourth-order valence-electron chi connectivity index (χ4n) is 2.41. The molecule has 0 spiro atoms. The fraction of sp³-hybridized carbons (Fsp3) is 0.375. The zero-order valence-electron chi connectivity index (χ0n) is 12.8. The normalized spacial score (nSPS) is 12.4. The Balaban J connectivity index is 2.85. The first-order valence-corrected chi connectivity index (χ1v) is 8.34. The van der Waals surface area contributed by atoms with Crippen molar-refractivity contribution in [2.24, 2.45) is 0 Å². The summed E-state index contributed by atoms with van der Waals surface area (Å²) >= 11 is 1.79. The maximum absolute atomic E-state index is 13.9. The average Bonchev–Trinajstić information content (AvgIpc) is 2.52. The molecule has 0 radical (unpaired) electrons. The van der Waals surface area contributed by atoms with Crippen LogP contribution in [0.4, 0.5) is 4.39 Å². The molecule has 0 saturated carbocycles. The molecule has 1 heterocycles. The summed E-state index contributed by atoms with van der Waals surface area (Å²) in [5.41, 5.74) is -0.268. The second kappa shape index (κ2) is 7.39. The molecule has 0 saturated heterocycles. The molecule has 2 aromatic rings. The van der Waals surface area contributed by atoms with Gasteiger partial charge in [-0.05, 0) is 48.1 Å². The topological polar surface area (TPSA) is 68.5 Å². The molecule has 5 nitrogen and oxygen atoms in total. The van der Waals surface area contributed by atoms with E-state index in [9.17, 15) is 19.1 Å². The third-order valence-electron chi connectivity index (χ3n) is 3.64. The lowest BCUT2D eigenvalue weighted by molar-refractivity contribution is 0.0523. The molecule has 1 N–H and O–H groups in total. The average molecular weight is 433 g/mol. The van der Waals surface area contributed by atoms with E-state index in [1.165, 1.54) is 18.3 Å². The number of benzene rings is 1. The molecule has 1 atom stereocenters. The van der Waals surface area contributed by atoms with Crippen LogP contribution in [-0.4, -0.2) is 28.9 Å². The number of fused-ring (bicyclic) bond motifs is 1. The second-order valence-corrected chi connectivity index (χ2v) is 6.19. The standard InChI is InChI=1S/C16H17FINO4/c1-3-9(8-20)19-7-11(16(22)23-4-2)15(21)10-5-13(18)12(17)6-14(10)19/h5-7,9,20H,3-4,8H2,1-2H3/t9-/m0/s1. The van der Waals surface area contributed by atoms with Crippen molar-refractivity contribution < 1.29 is 19.0 Å².